The Kier molecular flexibility index (Phi) is 5.39. The predicted molar refractivity (Wildman–Crippen MR) is 85.0 cm³/mol. The molecule has 0 radical (unpaired) electrons. The molecule has 1 aliphatic carbocycles. The number of amides is 1. The number of hydrogen-bond donors (Lipinski definition) is 1. The molecule has 0 atom stereocenters. The summed E-state index contributed by atoms with van der Waals surface area (Å²) < 4.78 is 5.11. The van der Waals surface area contributed by atoms with E-state index in [2.05, 4.69) is 0 Å². The fraction of sp³-hybridized carbons (Fsp3) is 0.471. The van der Waals surface area contributed by atoms with Gasteiger partial charge < -0.3 is 15.4 Å². The molecular formula is C17H24N2O2. The summed E-state index contributed by atoms with van der Waals surface area (Å²) in [4.78, 5) is 14.0. The van der Waals surface area contributed by atoms with Crippen molar-refractivity contribution in [2.24, 2.45) is 5.73 Å². The number of carbonyl (C=O) groups excluding carboxylic acids is 1. The summed E-state index contributed by atoms with van der Waals surface area (Å²) in [6, 6.07) is 8.26. The van der Waals surface area contributed by atoms with Crippen molar-refractivity contribution < 1.29 is 9.53 Å². The van der Waals surface area contributed by atoms with Crippen LogP contribution in [0.2, 0.25) is 0 Å². The molecule has 1 amide bonds. The van der Waals surface area contributed by atoms with Crippen LogP contribution in [0.25, 0.3) is 6.08 Å². The Balaban J connectivity index is 1.91. The number of hydrogen-bond acceptors (Lipinski definition) is 3. The zero-order valence-electron chi connectivity index (χ0n) is 12.8. The number of methoxy groups -OCH3 is 1. The minimum atomic E-state index is 0.0475. The number of rotatable bonds is 4. The van der Waals surface area contributed by atoms with E-state index in [9.17, 15) is 4.79 Å². The van der Waals surface area contributed by atoms with Crippen LogP contribution in [-0.2, 0) is 4.79 Å². The summed E-state index contributed by atoms with van der Waals surface area (Å²) in [7, 11) is 3.52. The minimum Gasteiger partial charge on any atom is -0.497 e. The third kappa shape index (κ3) is 4.33. The molecular weight excluding hydrogens is 264 g/mol. The zero-order valence-corrected chi connectivity index (χ0v) is 12.8. The first-order valence-corrected chi connectivity index (χ1v) is 7.44. The molecule has 1 fully saturated rings. The Morgan fingerprint density at radius 2 is 1.86 bits per heavy atom. The fourth-order valence-corrected chi connectivity index (χ4v) is 2.67. The lowest BCUT2D eigenvalue weighted by Gasteiger charge is -2.32. The second kappa shape index (κ2) is 7.27. The zero-order chi connectivity index (χ0) is 15.2. The standard InChI is InChI=1S/C17H24N2O2/c1-19(15-8-6-14(18)7-9-15)17(20)12-5-13-3-10-16(21-2)11-4-13/h3-5,10-12,14-15H,6-9,18H2,1-2H3. The third-order valence-electron chi connectivity index (χ3n) is 4.17. The van der Waals surface area contributed by atoms with Crippen LogP contribution in [0.5, 0.6) is 5.75 Å². The quantitative estimate of drug-likeness (QED) is 0.866. The van der Waals surface area contributed by atoms with E-state index in [0.717, 1.165) is 37.0 Å². The van der Waals surface area contributed by atoms with Crippen LogP contribution < -0.4 is 10.5 Å². The molecule has 0 bridgehead atoms. The maximum absolute atomic E-state index is 12.2. The molecule has 21 heavy (non-hydrogen) atoms. The fourth-order valence-electron chi connectivity index (χ4n) is 2.67. The highest BCUT2D eigenvalue weighted by Crippen LogP contribution is 2.21. The average molecular weight is 288 g/mol. The highest BCUT2D eigenvalue weighted by molar-refractivity contribution is 5.91. The maximum atomic E-state index is 12.2. The summed E-state index contributed by atoms with van der Waals surface area (Å²) in [5, 5.41) is 0. The van der Waals surface area contributed by atoms with Crippen LogP contribution in [0.1, 0.15) is 31.2 Å². The van der Waals surface area contributed by atoms with Crippen molar-refractivity contribution in [1.82, 2.24) is 4.90 Å². The van der Waals surface area contributed by atoms with Gasteiger partial charge in [0.2, 0.25) is 5.91 Å². The molecule has 0 unspecified atom stereocenters. The van der Waals surface area contributed by atoms with Crippen LogP contribution >= 0.6 is 0 Å². The SMILES string of the molecule is COc1ccc(C=CC(=O)N(C)C2CCC(N)CC2)cc1. The summed E-state index contributed by atoms with van der Waals surface area (Å²) in [6.45, 7) is 0. The molecule has 4 nitrogen and oxygen atoms in total. The van der Waals surface area contributed by atoms with Crippen molar-refractivity contribution in [2.45, 2.75) is 37.8 Å². The predicted octanol–water partition coefficient (Wildman–Crippen LogP) is 2.44. The van der Waals surface area contributed by atoms with Gasteiger partial charge in [0.05, 0.1) is 7.11 Å². The molecule has 1 aliphatic rings. The van der Waals surface area contributed by atoms with Gasteiger partial charge in [-0.2, -0.15) is 0 Å². The molecule has 0 saturated heterocycles. The van der Waals surface area contributed by atoms with E-state index in [1.807, 2.05) is 42.3 Å². The van der Waals surface area contributed by atoms with Gasteiger partial charge in [0.15, 0.2) is 0 Å². The van der Waals surface area contributed by atoms with Gasteiger partial charge in [-0.3, -0.25) is 4.79 Å². The minimum absolute atomic E-state index is 0.0475. The van der Waals surface area contributed by atoms with E-state index in [1.54, 1.807) is 13.2 Å². The van der Waals surface area contributed by atoms with Gasteiger partial charge >= 0.3 is 0 Å². The molecule has 1 saturated carbocycles. The molecule has 0 aromatic heterocycles. The lowest BCUT2D eigenvalue weighted by molar-refractivity contribution is -0.127. The Morgan fingerprint density at radius 3 is 2.43 bits per heavy atom. The van der Waals surface area contributed by atoms with E-state index in [1.165, 1.54) is 0 Å². The molecule has 1 aromatic carbocycles. The maximum Gasteiger partial charge on any atom is 0.246 e. The highest BCUT2D eigenvalue weighted by atomic mass is 16.5. The highest BCUT2D eigenvalue weighted by Gasteiger charge is 2.23. The van der Waals surface area contributed by atoms with Gasteiger partial charge in [-0.25, -0.2) is 0 Å². The van der Waals surface area contributed by atoms with Crippen molar-refractivity contribution in [3.63, 3.8) is 0 Å². The topological polar surface area (TPSA) is 55.6 Å². The molecule has 2 rings (SSSR count). The van der Waals surface area contributed by atoms with Crippen LogP contribution in [0.3, 0.4) is 0 Å². The van der Waals surface area contributed by atoms with Crippen molar-refractivity contribution in [2.75, 3.05) is 14.2 Å². The summed E-state index contributed by atoms with van der Waals surface area (Å²) >= 11 is 0. The average Bonchev–Trinajstić information content (AvgIpc) is 2.53. The Labute approximate surface area is 126 Å². The van der Waals surface area contributed by atoms with Crippen LogP contribution in [0.15, 0.2) is 30.3 Å². The van der Waals surface area contributed by atoms with Crippen molar-refractivity contribution in [1.29, 1.82) is 0 Å². The first-order valence-electron chi connectivity index (χ1n) is 7.44. The molecule has 0 heterocycles. The van der Waals surface area contributed by atoms with Crippen molar-refractivity contribution >= 4 is 12.0 Å². The van der Waals surface area contributed by atoms with Gasteiger partial charge in [0, 0.05) is 25.2 Å². The molecule has 0 spiro atoms. The largest absolute Gasteiger partial charge is 0.497 e. The van der Waals surface area contributed by atoms with Crippen molar-refractivity contribution in [3.8, 4) is 5.75 Å². The van der Waals surface area contributed by atoms with E-state index < -0.39 is 0 Å². The number of likely N-dealkylation sites (N-methyl/N-ethyl adjacent to an activating group) is 1. The van der Waals surface area contributed by atoms with Crippen LogP contribution in [0, 0.1) is 0 Å². The van der Waals surface area contributed by atoms with Gasteiger partial charge in [0.1, 0.15) is 5.75 Å². The number of benzene rings is 1. The number of nitrogens with two attached hydrogens (primary N) is 1. The second-order valence-electron chi connectivity index (χ2n) is 5.62. The van der Waals surface area contributed by atoms with Gasteiger partial charge in [-0.15, -0.1) is 0 Å². The van der Waals surface area contributed by atoms with E-state index in [4.69, 9.17) is 10.5 Å². The summed E-state index contributed by atoms with van der Waals surface area (Å²) in [5.41, 5.74) is 6.89. The summed E-state index contributed by atoms with van der Waals surface area (Å²) in [6.07, 6.45) is 7.48. The number of nitrogens with zero attached hydrogens (tertiary/aromatic N) is 1. The Hall–Kier alpha value is -1.81. The van der Waals surface area contributed by atoms with E-state index in [-0.39, 0.29) is 5.91 Å². The normalized spacial score (nSPS) is 22.2. The lowest BCUT2D eigenvalue weighted by Crippen LogP contribution is -2.41. The van der Waals surface area contributed by atoms with Gasteiger partial charge in [-0.05, 0) is 49.5 Å². The molecule has 2 N–H and O–H groups in total. The first-order chi connectivity index (χ1) is 10.1. The smallest absolute Gasteiger partial charge is 0.246 e. The lowest BCUT2D eigenvalue weighted by atomic mass is 9.91. The Bertz CT molecular complexity index is 488. The van der Waals surface area contributed by atoms with E-state index >= 15 is 0 Å². The Morgan fingerprint density at radius 1 is 1.24 bits per heavy atom. The second-order valence-corrected chi connectivity index (χ2v) is 5.62. The monoisotopic (exact) mass is 288 g/mol. The molecule has 1 aromatic rings. The first kappa shape index (κ1) is 15.6. The third-order valence-corrected chi connectivity index (χ3v) is 4.17. The van der Waals surface area contributed by atoms with Crippen LogP contribution in [0.4, 0.5) is 0 Å². The molecule has 4 heteroatoms. The van der Waals surface area contributed by atoms with Crippen molar-refractivity contribution in [3.05, 3.63) is 35.9 Å². The van der Waals surface area contributed by atoms with Gasteiger partial charge in [0.25, 0.3) is 0 Å². The molecule has 0 aliphatic heterocycles. The number of carbonyl (C=O) groups is 1. The molecule has 114 valence electrons. The van der Waals surface area contributed by atoms with E-state index in [0.29, 0.717) is 12.1 Å². The summed E-state index contributed by atoms with van der Waals surface area (Å²) in [5.74, 6) is 0.862. The van der Waals surface area contributed by atoms with Gasteiger partial charge in [-0.1, -0.05) is 12.1 Å². The number of ether oxygens (including phenoxy) is 1. The van der Waals surface area contributed by atoms with Crippen LogP contribution in [-0.4, -0.2) is 37.0 Å².